The summed E-state index contributed by atoms with van der Waals surface area (Å²) in [5, 5.41) is 13.2. The van der Waals surface area contributed by atoms with E-state index in [1.807, 2.05) is 31.2 Å². The number of carboxylic acid groups (broad SMARTS) is 1. The highest BCUT2D eigenvalue weighted by Crippen LogP contribution is 2.21. The predicted octanol–water partition coefficient (Wildman–Crippen LogP) is 4.07. The molecule has 0 fully saturated rings. The summed E-state index contributed by atoms with van der Waals surface area (Å²) in [5.74, 6) is -0.538. The van der Waals surface area contributed by atoms with Gasteiger partial charge in [0.2, 0.25) is 0 Å². The van der Waals surface area contributed by atoms with Crippen molar-refractivity contribution in [1.29, 1.82) is 0 Å². The summed E-state index contributed by atoms with van der Waals surface area (Å²) in [5.41, 5.74) is 1.16. The van der Waals surface area contributed by atoms with Gasteiger partial charge in [0, 0.05) is 11.1 Å². The highest BCUT2D eigenvalue weighted by molar-refractivity contribution is 6.30. The first-order valence-electron chi connectivity index (χ1n) is 7.20. The van der Waals surface area contributed by atoms with E-state index in [0.29, 0.717) is 11.4 Å². The molecule has 1 rings (SSSR count). The molecular formula is C16H24ClNO2. The summed E-state index contributed by atoms with van der Waals surface area (Å²) < 4.78 is 0. The second kappa shape index (κ2) is 8.28. The molecule has 0 radical (unpaired) electrons. The van der Waals surface area contributed by atoms with Crippen LogP contribution in [0.1, 0.15) is 51.5 Å². The van der Waals surface area contributed by atoms with E-state index in [2.05, 4.69) is 19.2 Å². The molecule has 3 unspecified atom stereocenters. The number of rotatable bonds is 8. The van der Waals surface area contributed by atoms with Crippen LogP contribution in [0.4, 0.5) is 0 Å². The predicted molar refractivity (Wildman–Crippen MR) is 83.4 cm³/mol. The zero-order chi connectivity index (χ0) is 15.1. The number of benzene rings is 1. The Kier molecular flexibility index (Phi) is 7.03. The molecule has 0 aliphatic carbocycles. The molecule has 3 atom stereocenters. The molecule has 0 spiro atoms. The van der Waals surface area contributed by atoms with Crippen molar-refractivity contribution in [3.05, 3.63) is 34.9 Å². The SMILES string of the molecule is CCCCC(NC(C)C(C)c1ccc(Cl)cc1)C(=O)O. The third-order valence-corrected chi connectivity index (χ3v) is 4.01. The maximum absolute atomic E-state index is 11.3. The van der Waals surface area contributed by atoms with Gasteiger partial charge in [0.25, 0.3) is 0 Å². The number of aliphatic carboxylic acids is 1. The zero-order valence-corrected chi connectivity index (χ0v) is 13.2. The third-order valence-electron chi connectivity index (χ3n) is 3.75. The van der Waals surface area contributed by atoms with Crippen LogP contribution >= 0.6 is 11.6 Å². The molecule has 0 saturated carbocycles. The molecule has 0 aliphatic rings. The van der Waals surface area contributed by atoms with Gasteiger partial charge in [-0.05, 0) is 37.0 Å². The minimum Gasteiger partial charge on any atom is -0.480 e. The molecule has 0 saturated heterocycles. The summed E-state index contributed by atoms with van der Waals surface area (Å²) in [4.78, 5) is 11.3. The molecule has 2 N–H and O–H groups in total. The number of unbranched alkanes of at least 4 members (excludes halogenated alkanes) is 1. The lowest BCUT2D eigenvalue weighted by Crippen LogP contribution is -2.44. The van der Waals surface area contributed by atoms with Gasteiger partial charge in [-0.1, -0.05) is 50.4 Å². The fraction of sp³-hybridized carbons (Fsp3) is 0.562. The van der Waals surface area contributed by atoms with E-state index in [9.17, 15) is 9.90 Å². The summed E-state index contributed by atoms with van der Waals surface area (Å²) in [6.45, 7) is 6.19. The Bertz CT molecular complexity index is 419. The monoisotopic (exact) mass is 297 g/mol. The van der Waals surface area contributed by atoms with Crippen molar-refractivity contribution in [3.8, 4) is 0 Å². The molecule has 3 nitrogen and oxygen atoms in total. The Morgan fingerprint density at radius 3 is 2.40 bits per heavy atom. The van der Waals surface area contributed by atoms with Crippen LogP contribution in [0.5, 0.6) is 0 Å². The molecule has 1 aromatic rings. The lowest BCUT2D eigenvalue weighted by Gasteiger charge is -2.25. The molecule has 0 amide bonds. The third kappa shape index (κ3) is 5.14. The molecule has 1 aromatic carbocycles. The first kappa shape index (κ1) is 17.0. The first-order chi connectivity index (χ1) is 9.45. The quantitative estimate of drug-likeness (QED) is 0.760. The molecule has 0 heterocycles. The van der Waals surface area contributed by atoms with Crippen molar-refractivity contribution in [3.63, 3.8) is 0 Å². The second-order valence-corrected chi connectivity index (χ2v) is 5.77. The van der Waals surface area contributed by atoms with Crippen molar-refractivity contribution in [2.75, 3.05) is 0 Å². The highest BCUT2D eigenvalue weighted by atomic mass is 35.5. The fourth-order valence-corrected chi connectivity index (χ4v) is 2.33. The molecule has 4 heteroatoms. The highest BCUT2D eigenvalue weighted by Gasteiger charge is 2.22. The maximum atomic E-state index is 11.3. The van der Waals surface area contributed by atoms with E-state index in [1.54, 1.807) is 0 Å². The van der Waals surface area contributed by atoms with Crippen LogP contribution in [0.2, 0.25) is 5.02 Å². The lowest BCUT2D eigenvalue weighted by molar-refractivity contribution is -0.139. The summed E-state index contributed by atoms with van der Waals surface area (Å²) in [7, 11) is 0. The van der Waals surface area contributed by atoms with Gasteiger partial charge in [0.05, 0.1) is 0 Å². The van der Waals surface area contributed by atoms with Gasteiger partial charge in [0.1, 0.15) is 6.04 Å². The number of halogens is 1. The van der Waals surface area contributed by atoms with Gasteiger partial charge in [-0.15, -0.1) is 0 Å². The molecule has 0 aliphatic heterocycles. The normalized spacial score (nSPS) is 15.6. The van der Waals surface area contributed by atoms with Gasteiger partial charge in [-0.2, -0.15) is 0 Å². The summed E-state index contributed by atoms with van der Waals surface area (Å²) >= 11 is 5.89. The van der Waals surface area contributed by atoms with Crippen molar-refractivity contribution in [2.24, 2.45) is 0 Å². The summed E-state index contributed by atoms with van der Waals surface area (Å²) in [6.07, 6.45) is 2.60. The minimum atomic E-state index is -0.770. The van der Waals surface area contributed by atoms with Crippen molar-refractivity contribution < 1.29 is 9.90 Å². The Hall–Kier alpha value is -1.06. The van der Waals surface area contributed by atoms with Crippen LogP contribution in [-0.2, 0) is 4.79 Å². The van der Waals surface area contributed by atoms with E-state index in [1.165, 1.54) is 0 Å². The second-order valence-electron chi connectivity index (χ2n) is 5.33. The minimum absolute atomic E-state index is 0.0918. The maximum Gasteiger partial charge on any atom is 0.320 e. The van der Waals surface area contributed by atoms with E-state index < -0.39 is 12.0 Å². The average molecular weight is 298 g/mol. The molecule has 112 valence electrons. The van der Waals surface area contributed by atoms with Gasteiger partial charge < -0.3 is 10.4 Å². The largest absolute Gasteiger partial charge is 0.480 e. The summed E-state index contributed by atoms with van der Waals surface area (Å²) in [6, 6.07) is 7.34. The van der Waals surface area contributed by atoms with Crippen molar-refractivity contribution in [1.82, 2.24) is 5.32 Å². The Morgan fingerprint density at radius 2 is 1.90 bits per heavy atom. The Morgan fingerprint density at radius 1 is 1.30 bits per heavy atom. The van der Waals surface area contributed by atoms with E-state index in [0.717, 1.165) is 18.4 Å². The first-order valence-corrected chi connectivity index (χ1v) is 7.57. The standard InChI is InChI=1S/C16H24ClNO2/c1-4-5-6-15(16(19)20)18-12(3)11(2)13-7-9-14(17)10-8-13/h7-12,15,18H,4-6H2,1-3H3,(H,19,20). The van der Waals surface area contributed by atoms with Crippen molar-refractivity contribution in [2.45, 2.75) is 58.0 Å². The molecule has 0 aromatic heterocycles. The topological polar surface area (TPSA) is 49.3 Å². The number of nitrogens with one attached hydrogen (secondary N) is 1. The van der Waals surface area contributed by atoms with E-state index >= 15 is 0 Å². The molecule has 0 bridgehead atoms. The van der Waals surface area contributed by atoms with Crippen molar-refractivity contribution >= 4 is 17.6 Å². The fourth-order valence-electron chi connectivity index (χ4n) is 2.20. The number of carboxylic acids is 1. The van der Waals surface area contributed by atoms with E-state index in [-0.39, 0.29) is 12.0 Å². The van der Waals surface area contributed by atoms with Crippen LogP contribution in [0.15, 0.2) is 24.3 Å². The van der Waals surface area contributed by atoms with Gasteiger partial charge in [-0.25, -0.2) is 0 Å². The average Bonchev–Trinajstić information content (AvgIpc) is 2.42. The smallest absolute Gasteiger partial charge is 0.320 e. The number of carbonyl (C=O) groups is 1. The van der Waals surface area contributed by atoms with Crippen LogP contribution < -0.4 is 5.32 Å². The Balaban J connectivity index is 2.65. The van der Waals surface area contributed by atoms with Crippen LogP contribution in [0.25, 0.3) is 0 Å². The molecular weight excluding hydrogens is 274 g/mol. The van der Waals surface area contributed by atoms with Crippen LogP contribution in [0.3, 0.4) is 0 Å². The van der Waals surface area contributed by atoms with Gasteiger partial charge >= 0.3 is 5.97 Å². The number of hydrogen-bond donors (Lipinski definition) is 2. The van der Waals surface area contributed by atoms with Crippen LogP contribution in [-0.4, -0.2) is 23.2 Å². The molecule has 20 heavy (non-hydrogen) atoms. The van der Waals surface area contributed by atoms with Crippen LogP contribution in [0, 0.1) is 0 Å². The lowest BCUT2D eigenvalue weighted by atomic mass is 9.93. The Labute approximate surface area is 126 Å². The van der Waals surface area contributed by atoms with Gasteiger partial charge in [0.15, 0.2) is 0 Å². The van der Waals surface area contributed by atoms with E-state index in [4.69, 9.17) is 11.6 Å². The number of hydrogen-bond acceptors (Lipinski definition) is 2. The zero-order valence-electron chi connectivity index (χ0n) is 12.4. The van der Waals surface area contributed by atoms with Gasteiger partial charge in [-0.3, -0.25) is 4.79 Å².